The Hall–Kier alpha value is -4.44. The lowest BCUT2D eigenvalue weighted by Crippen LogP contribution is -2.18. The third-order valence-corrected chi connectivity index (χ3v) is 7.77. The van der Waals surface area contributed by atoms with Crippen LogP contribution in [0.25, 0.3) is 48.6 Å². The maximum atomic E-state index is 13.1. The van der Waals surface area contributed by atoms with Gasteiger partial charge in [0.05, 0.1) is 33.1 Å². The predicted octanol–water partition coefficient (Wildman–Crippen LogP) is 7.09. The molecule has 0 bridgehead atoms. The third kappa shape index (κ3) is 6.80. The van der Waals surface area contributed by atoms with Crippen molar-refractivity contribution in [3.63, 3.8) is 0 Å². The SMILES string of the molecule is CC(C)(C)O.Cc1cc2nc(-c3ccnc(-n4ccc5ncccc5c4=O)c3)sc2c(-c2ccc(Cl)cc2)c1CC(=O)O. The molecule has 4 aromatic heterocycles. The Kier molecular flexibility index (Phi) is 8.41. The van der Waals surface area contributed by atoms with E-state index in [1.165, 1.54) is 15.9 Å². The first kappa shape index (κ1) is 30.0. The molecule has 0 aliphatic rings. The molecule has 0 aliphatic carbocycles. The Morgan fingerprint density at radius 3 is 2.40 bits per heavy atom. The van der Waals surface area contributed by atoms with Gasteiger partial charge >= 0.3 is 5.97 Å². The van der Waals surface area contributed by atoms with Gasteiger partial charge in [-0.15, -0.1) is 11.3 Å². The van der Waals surface area contributed by atoms with Crippen LogP contribution in [0.2, 0.25) is 5.02 Å². The van der Waals surface area contributed by atoms with Crippen molar-refractivity contribution in [3.05, 3.63) is 106 Å². The van der Waals surface area contributed by atoms with Crippen molar-refractivity contribution < 1.29 is 15.0 Å². The molecule has 4 heterocycles. The summed E-state index contributed by atoms with van der Waals surface area (Å²) in [5, 5.41) is 20.0. The van der Waals surface area contributed by atoms with Gasteiger partial charge in [-0.2, -0.15) is 0 Å². The maximum Gasteiger partial charge on any atom is 0.307 e. The molecular weight excluding hydrogens is 584 g/mol. The van der Waals surface area contributed by atoms with E-state index in [2.05, 4.69) is 9.97 Å². The van der Waals surface area contributed by atoms with E-state index in [1.54, 1.807) is 69.7 Å². The van der Waals surface area contributed by atoms with Gasteiger partial charge in [0, 0.05) is 34.7 Å². The second-order valence-electron chi connectivity index (χ2n) is 11.0. The molecule has 0 amide bonds. The lowest BCUT2D eigenvalue weighted by Gasteiger charge is -2.13. The number of carboxylic acids is 1. The fourth-order valence-corrected chi connectivity index (χ4v) is 5.86. The molecule has 0 atom stereocenters. The number of pyridine rings is 3. The number of aryl methyl sites for hydroxylation is 1. The first-order chi connectivity index (χ1) is 20.4. The molecule has 10 heteroatoms. The first-order valence-corrected chi connectivity index (χ1v) is 14.6. The van der Waals surface area contributed by atoms with E-state index in [4.69, 9.17) is 21.7 Å². The summed E-state index contributed by atoms with van der Waals surface area (Å²) in [6.07, 6.45) is 4.87. The number of aliphatic carboxylic acids is 1. The Balaban J connectivity index is 0.000000682. The van der Waals surface area contributed by atoms with Crippen LogP contribution in [-0.4, -0.2) is 41.3 Å². The Morgan fingerprint density at radius 1 is 0.977 bits per heavy atom. The van der Waals surface area contributed by atoms with E-state index in [1.807, 2.05) is 37.3 Å². The highest BCUT2D eigenvalue weighted by Gasteiger charge is 2.20. The van der Waals surface area contributed by atoms with Crippen LogP contribution in [0, 0.1) is 6.92 Å². The van der Waals surface area contributed by atoms with Crippen molar-refractivity contribution in [2.45, 2.75) is 39.7 Å². The summed E-state index contributed by atoms with van der Waals surface area (Å²) in [5.74, 6) is -0.430. The Labute approximate surface area is 256 Å². The van der Waals surface area contributed by atoms with Gasteiger partial charge in [0.15, 0.2) is 0 Å². The van der Waals surface area contributed by atoms with E-state index in [9.17, 15) is 14.7 Å². The number of carboxylic acid groups (broad SMARTS) is 1. The highest BCUT2D eigenvalue weighted by atomic mass is 35.5. The number of aromatic nitrogens is 4. The fourth-order valence-electron chi connectivity index (χ4n) is 4.60. The minimum absolute atomic E-state index is 0.105. The summed E-state index contributed by atoms with van der Waals surface area (Å²) < 4.78 is 2.38. The molecule has 43 heavy (non-hydrogen) atoms. The smallest absolute Gasteiger partial charge is 0.307 e. The average molecular weight is 613 g/mol. The van der Waals surface area contributed by atoms with E-state index in [0.717, 1.165) is 43.0 Å². The van der Waals surface area contributed by atoms with Crippen molar-refractivity contribution in [3.8, 4) is 27.5 Å². The number of fused-ring (bicyclic) bond motifs is 2. The summed E-state index contributed by atoms with van der Waals surface area (Å²) >= 11 is 7.60. The molecule has 6 aromatic rings. The zero-order chi connectivity index (χ0) is 30.9. The second kappa shape index (κ2) is 12.0. The molecule has 8 nitrogen and oxygen atoms in total. The molecule has 218 valence electrons. The van der Waals surface area contributed by atoms with E-state index >= 15 is 0 Å². The van der Waals surface area contributed by atoms with Crippen molar-refractivity contribution in [2.75, 3.05) is 0 Å². The normalized spacial score (nSPS) is 11.4. The molecule has 0 fully saturated rings. The van der Waals surface area contributed by atoms with E-state index in [-0.39, 0.29) is 12.0 Å². The van der Waals surface area contributed by atoms with Crippen LogP contribution in [0.3, 0.4) is 0 Å². The highest BCUT2D eigenvalue weighted by Crippen LogP contribution is 2.41. The number of hydrogen-bond donors (Lipinski definition) is 2. The number of thiazole rings is 1. The minimum Gasteiger partial charge on any atom is -0.481 e. The first-order valence-electron chi connectivity index (χ1n) is 13.5. The highest BCUT2D eigenvalue weighted by molar-refractivity contribution is 7.22. The van der Waals surface area contributed by atoms with E-state index < -0.39 is 11.6 Å². The molecule has 2 aromatic carbocycles. The molecule has 0 radical (unpaired) electrons. The molecule has 0 spiro atoms. The van der Waals surface area contributed by atoms with Gasteiger partial charge in [0.1, 0.15) is 10.8 Å². The van der Waals surface area contributed by atoms with Crippen LogP contribution in [0.4, 0.5) is 0 Å². The summed E-state index contributed by atoms with van der Waals surface area (Å²) in [6, 6.07) is 18.2. The topological polar surface area (TPSA) is 118 Å². The molecule has 0 saturated carbocycles. The zero-order valence-corrected chi connectivity index (χ0v) is 25.6. The van der Waals surface area contributed by atoms with Crippen molar-refractivity contribution >= 4 is 50.0 Å². The maximum absolute atomic E-state index is 13.1. The number of nitrogens with zero attached hydrogens (tertiary/aromatic N) is 4. The van der Waals surface area contributed by atoms with Gasteiger partial charge in [-0.05, 0) is 92.9 Å². The number of benzene rings is 2. The van der Waals surface area contributed by atoms with Crippen molar-refractivity contribution in [2.24, 2.45) is 0 Å². The van der Waals surface area contributed by atoms with Crippen LogP contribution >= 0.6 is 22.9 Å². The monoisotopic (exact) mass is 612 g/mol. The van der Waals surface area contributed by atoms with Crippen LogP contribution < -0.4 is 5.56 Å². The quantitative estimate of drug-likeness (QED) is 0.213. The summed E-state index contributed by atoms with van der Waals surface area (Å²) in [7, 11) is 0. The number of carbonyl (C=O) groups is 1. The van der Waals surface area contributed by atoms with Crippen molar-refractivity contribution in [1.82, 2.24) is 19.5 Å². The molecular formula is C33H29ClN4O4S. The average Bonchev–Trinajstić information content (AvgIpc) is 3.37. The standard InChI is InChI=1S/C29H19ClN4O3S.C4H10O/c1-16-13-23-27(26(21(16)15-25(35)36)17-4-6-19(30)7-5-17)38-28(33-23)18-8-11-32-24(14-18)34-12-9-22-20(29(34)37)3-2-10-31-22;1-4(2,3)5/h2-14H,15H2,1H3,(H,35,36);5H,1-3H3. The van der Waals surface area contributed by atoms with Gasteiger partial charge in [0.25, 0.3) is 5.56 Å². The lowest BCUT2D eigenvalue weighted by atomic mass is 9.93. The van der Waals surface area contributed by atoms with Crippen LogP contribution in [-0.2, 0) is 11.2 Å². The van der Waals surface area contributed by atoms with Crippen LogP contribution in [0.1, 0.15) is 31.9 Å². The number of rotatable bonds is 5. The minimum atomic E-state index is -0.901. The van der Waals surface area contributed by atoms with Gasteiger partial charge in [-0.25, -0.2) is 9.97 Å². The van der Waals surface area contributed by atoms with E-state index in [0.29, 0.717) is 21.7 Å². The summed E-state index contributed by atoms with van der Waals surface area (Å²) in [4.78, 5) is 38.4. The second-order valence-corrected chi connectivity index (χ2v) is 12.4. The Bertz CT molecular complexity index is 2020. The third-order valence-electron chi connectivity index (χ3n) is 6.38. The summed E-state index contributed by atoms with van der Waals surface area (Å²) in [5.41, 5.74) is 4.81. The van der Waals surface area contributed by atoms with Gasteiger partial charge in [-0.1, -0.05) is 23.7 Å². The number of halogens is 1. The molecule has 6 rings (SSSR count). The van der Waals surface area contributed by atoms with Gasteiger partial charge < -0.3 is 10.2 Å². The summed E-state index contributed by atoms with van der Waals surface area (Å²) in [6.45, 7) is 7.13. The molecule has 2 N–H and O–H groups in total. The fraction of sp³-hybridized carbons (Fsp3) is 0.182. The largest absolute Gasteiger partial charge is 0.481 e. The molecule has 0 aliphatic heterocycles. The van der Waals surface area contributed by atoms with Crippen LogP contribution in [0.5, 0.6) is 0 Å². The predicted molar refractivity (Wildman–Crippen MR) is 172 cm³/mol. The van der Waals surface area contributed by atoms with Gasteiger partial charge in [-0.3, -0.25) is 19.1 Å². The lowest BCUT2D eigenvalue weighted by molar-refractivity contribution is -0.136. The van der Waals surface area contributed by atoms with Gasteiger partial charge in [0.2, 0.25) is 0 Å². The van der Waals surface area contributed by atoms with Crippen molar-refractivity contribution in [1.29, 1.82) is 0 Å². The number of aliphatic hydroxyl groups is 1. The molecule has 0 saturated heterocycles. The molecule has 0 unspecified atom stereocenters. The number of hydrogen-bond acceptors (Lipinski definition) is 7. The Morgan fingerprint density at radius 2 is 1.70 bits per heavy atom. The zero-order valence-electron chi connectivity index (χ0n) is 24.0. The van der Waals surface area contributed by atoms with Crippen LogP contribution in [0.15, 0.2) is 84.0 Å².